The minimum absolute atomic E-state index is 0.148. The van der Waals surface area contributed by atoms with E-state index in [0.717, 1.165) is 33.8 Å². The Kier molecular flexibility index (Phi) is 10.2. The highest BCUT2D eigenvalue weighted by Gasteiger charge is 2.17. The normalized spacial score (nSPS) is 10.3. The number of anilines is 3. The van der Waals surface area contributed by atoms with Crippen molar-refractivity contribution in [3.8, 4) is 0 Å². The molecular weight excluding hydrogens is 506 g/mol. The predicted octanol–water partition coefficient (Wildman–Crippen LogP) is 7.36. The molecule has 3 rings (SSSR count). The van der Waals surface area contributed by atoms with E-state index < -0.39 is 17.9 Å². The van der Waals surface area contributed by atoms with Crippen LogP contribution in [0.4, 0.5) is 17.1 Å². The third-order valence-electron chi connectivity index (χ3n) is 5.43. The van der Waals surface area contributed by atoms with Crippen LogP contribution in [-0.4, -0.2) is 37.7 Å². The number of ether oxygens (including phenoxy) is 3. The molecule has 0 aliphatic carbocycles. The van der Waals surface area contributed by atoms with Gasteiger partial charge >= 0.3 is 17.9 Å². The van der Waals surface area contributed by atoms with Gasteiger partial charge in [0.1, 0.15) is 19.8 Å². The maximum absolute atomic E-state index is 12.4. The zero-order valence-electron chi connectivity index (χ0n) is 23.1. The van der Waals surface area contributed by atoms with Crippen molar-refractivity contribution >= 4 is 35.0 Å². The predicted molar refractivity (Wildman–Crippen MR) is 156 cm³/mol. The van der Waals surface area contributed by atoms with Crippen molar-refractivity contribution in [1.82, 2.24) is 0 Å². The first-order chi connectivity index (χ1) is 19.0. The molecule has 40 heavy (non-hydrogen) atoms. The van der Waals surface area contributed by atoms with E-state index >= 15 is 0 Å². The average molecular weight is 540 g/mol. The monoisotopic (exact) mass is 539 g/mol. The number of nitrogens with zero attached hydrogens (tertiary/aromatic N) is 1. The Morgan fingerprint density at radius 2 is 0.725 bits per heavy atom. The van der Waals surface area contributed by atoms with E-state index in [1.807, 2.05) is 4.90 Å². The Balaban J connectivity index is 1.93. The lowest BCUT2D eigenvalue weighted by Crippen LogP contribution is -2.13. The van der Waals surface area contributed by atoms with Crippen LogP contribution in [0.5, 0.6) is 0 Å². The lowest BCUT2D eigenvalue weighted by molar-refractivity contribution is 0.0531. The fourth-order valence-corrected chi connectivity index (χ4v) is 3.50. The lowest BCUT2D eigenvalue weighted by atomic mass is 10.1. The first-order valence-electron chi connectivity index (χ1n) is 12.6. The quantitative estimate of drug-likeness (QED) is 0.135. The Morgan fingerprint density at radius 3 is 0.925 bits per heavy atom. The number of hydrogen-bond donors (Lipinski definition) is 0. The summed E-state index contributed by atoms with van der Waals surface area (Å²) in [7, 11) is 0. The summed E-state index contributed by atoms with van der Waals surface area (Å²) in [6.07, 6.45) is 0. The SMILES string of the molecule is C=C(C)COC(=O)c1ccc(N(c2ccc(C(=O)OCC(=C)C)cc2)c2ccc(C(=O)OCC(=C)C)cc2)cc1. The van der Waals surface area contributed by atoms with E-state index in [2.05, 4.69) is 19.7 Å². The molecule has 0 aliphatic heterocycles. The molecule has 0 fully saturated rings. The van der Waals surface area contributed by atoms with Crippen molar-refractivity contribution in [3.63, 3.8) is 0 Å². The van der Waals surface area contributed by atoms with Crippen LogP contribution in [0.25, 0.3) is 0 Å². The number of rotatable bonds is 12. The van der Waals surface area contributed by atoms with Gasteiger partial charge in [-0.25, -0.2) is 14.4 Å². The van der Waals surface area contributed by atoms with E-state index in [1.165, 1.54) is 0 Å². The molecule has 0 radical (unpaired) electrons. The van der Waals surface area contributed by atoms with E-state index in [1.54, 1.807) is 93.6 Å². The van der Waals surface area contributed by atoms with Crippen LogP contribution in [0.2, 0.25) is 0 Å². The molecule has 7 nitrogen and oxygen atoms in total. The smallest absolute Gasteiger partial charge is 0.338 e. The zero-order valence-corrected chi connectivity index (χ0v) is 23.1. The first kappa shape index (κ1) is 29.6. The fourth-order valence-electron chi connectivity index (χ4n) is 3.50. The summed E-state index contributed by atoms with van der Waals surface area (Å²) in [4.78, 5) is 39.1. The van der Waals surface area contributed by atoms with Gasteiger partial charge in [-0.2, -0.15) is 0 Å². The molecule has 0 atom stereocenters. The Bertz CT molecular complexity index is 1230. The number of esters is 3. The van der Waals surface area contributed by atoms with E-state index in [9.17, 15) is 14.4 Å². The summed E-state index contributed by atoms with van der Waals surface area (Å²) in [6.45, 7) is 17.0. The van der Waals surface area contributed by atoms with E-state index in [4.69, 9.17) is 14.2 Å². The van der Waals surface area contributed by atoms with Crippen molar-refractivity contribution in [2.24, 2.45) is 0 Å². The molecule has 0 saturated heterocycles. The van der Waals surface area contributed by atoms with Crippen molar-refractivity contribution < 1.29 is 28.6 Å². The molecule has 0 N–H and O–H groups in total. The lowest BCUT2D eigenvalue weighted by Gasteiger charge is -2.26. The maximum atomic E-state index is 12.4. The fraction of sp³-hybridized carbons (Fsp3) is 0.182. The molecule has 7 heteroatoms. The summed E-state index contributed by atoms with van der Waals surface area (Å²) in [5.74, 6) is -1.34. The summed E-state index contributed by atoms with van der Waals surface area (Å²) in [5, 5.41) is 0. The number of carbonyl (C=O) groups is 3. The van der Waals surface area contributed by atoms with Crippen LogP contribution in [0, 0.1) is 0 Å². The largest absolute Gasteiger partial charge is 0.458 e. The van der Waals surface area contributed by atoms with Crippen molar-refractivity contribution in [3.05, 3.63) is 126 Å². The van der Waals surface area contributed by atoms with Gasteiger partial charge in [0.25, 0.3) is 0 Å². The Hall–Kier alpha value is -4.91. The highest BCUT2D eigenvalue weighted by Crippen LogP contribution is 2.35. The second-order valence-corrected chi connectivity index (χ2v) is 9.58. The standard InChI is InChI=1S/C33H33NO6/c1-22(2)19-38-31(35)25-7-13-28(14-8-25)34(29-15-9-26(10-16-29)32(36)39-20-23(3)4)30-17-11-27(12-18-30)33(37)40-21-24(5)6/h7-18H,1,3,5,19-21H2,2,4,6H3. The van der Waals surface area contributed by atoms with Crippen molar-refractivity contribution in [2.75, 3.05) is 24.7 Å². The Morgan fingerprint density at radius 1 is 0.500 bits per heavy atom. The van der Waals surface area contributed by atoms with Gasteiger partial charge in [-0.05, 0) is 110 Å². The van der Waals surface area contributed by atoms with Crippen molar-refractivity contribution in [2.45, 2.75) is 20.8 Å². The van der Waals surface area contributed by atoms with Gasteiger partial charge in [0.15, 0.2) is 0 Å². The molecule has 206 valence electrons. The molecule has 0 amide bonds. The van der Waals surface area contributed by atoms with Gasteiger partial charge in [-0.1, -0.05) is 19.7 Å². The molecular formula is C33H33NO6. The van der Waals surface area contributed by atoms with Gasteiger partial charge in [0.05, 0.1) is 16.7 Å². The van der Waals surface area contributed by atoms with Crippen LogP contribution in [0.1, 0.15) is 51.8 Å². The minimum Gasteiger partial charge on any atom is -0.458 e. The molecule has 3 aromatic carbocycles. The first-order valence-corrected chi connectivity index (χ1v) is 12.6. The third kappa shape index (κ3) is 8.30. The molecule has 3 aromatic rings. The molecule has 0 saturated carbocycles. The zero-order chi connectivity index (χ0) is 29.2. The second-order valence-electron chi connectivity index (χ2n) is 9.58. The van der Waals surface area contributed by atoms with Crippen molar-refractivity contribution in [1.29, 1.82) is 0 Å². The molecule has 0 aromatic heterocycles. The van der Waals surface area contributed by atoms with Crippen LogP contribution in [0.15, 0.2) is 109 Å². The molecule has 0 aliphatic rings. The average Bonchev–Trinajstić information content (AvgIpc) is 2.94. The van der Waals surface area contributed by atoms with Crippen LogP contribution in [0.3, 0.4) is 0 Å². The third-order valence-corrected chi connectivity index (χ3v) is 5.43. The van der Waals surface area contributed by atoms with Crippen LogP contribution < -0.4 is 4.90 Å². The molecule has 0 bridgehead atoms. The highest BCUT2D eigenvalue weighted by atomic mass is 16.5. The van der Waals surface area contributed by atoms with Gasteiger partial charge in [-0.15, -0.1) is 0 Å². The molecule has 0 heterocycles. The second kappa shape index (κ2) is 13.8. The minimum atomic E-state index is -0.448. The van der Waals surface area contributed by atoms with Crippen LogP contribution >= 0.6 is 0 Å². The molecule has 0 spiro atoms. The summed E-state index contributed by atoms with van der Waals surface area (Å²) in [5.41, 5.74) is 5.66. The topological polar surface area (TPSA) is 82.1 Å². The van der Waals surface area contributed by atoms with Gasteiger partial charge in [0, 0.05) is 17.1 Å². The number of benzene rings is 3. The summed E-state index contributed by atoms with van der Waals surface area (Å²) >= 11 is 0. The summed E-state index contributed by atoms with van der Waals surface area (Å²) in [6, 6.07) is 20.8. The van der Waals surface area contributed by atoms with Gasteiger partial charge in [-0.3, -0.25) is 0 Å². The van der Waals surface area contributed by atoms with E-state index in [0.29, 0.717) is 16.7 Å². The van der Waals surface area contributed by atoms with Crippen LogP contribution in [-0.2, 0) is 14.2 Å². The van der Waals surface area contributed by atoms with Gasteiger partial charge < -0.3 is 19.1 Å². The van der Waals surface area contributed by atoms with Gasteiger partial charge in [0.2, 0.25) is 0 Å². The maximum Gasteiger partial charge on any atom is 0.338 e. The van der Waals surface area contributed by atoms with E-state index in [-0.39, 0.29) is 19.8 Å². The molecule has 0 unspecified atom stereocenters. The Labute approximate surface area is 235 Å². The number of carbonyl (C=O) groups excluding carboxylic acids is 3. The highest BCUT2D eigenvalue weighted by molar-refractivity contribution is 5.93. The number of hydrogen-bond acceptors (Lipinski definition) is 7. The summed E-state index contributed by atoms with van der Waals surface area (Å²) < 4.78 is 15.7.